The van der Waals surface area contributed by atoms with E-state index in [0.29, 0.717) is 0 Å². The maximum Gasteiger partial charge on any atom is 0.261 e. The summed E-state index contributed by atoms with van der Waals surface area (Å²) in [4.78, 5) is 11.8. The Morgan fingerprint density at radius 3 is 2.12 bits per heavy atom. The largest absolute Gasteiger partial charge is 0.403 e. The normalized spacial score (nSPS) is 17.2. The monoisotopic (exact) mass is 631 g/mol. The second-order valence-corrected chi connectivity index (χ2v) is 18.2. The van der Waals surface area contributed by atoms with Crippen LogP contribution in [0.1, 0.15) is 54.4 Å². The summed E-state index contributed by atoms with van der Waals surface area (Å²) in [6.07, 6.45) is 4.01. The van der Waals surface area contributed by atoms with Crippen LogP contribution in [0.5, 0.6) is 0 Å². The summed E-state index contributed by atoms with van der Waals surface area (Å²) in [5.41, 5.74) is 5.55. The number of nitrogens with one attached hydrogen (secondary N) is 1. The van der Waals surface area contributed by atoms with E-state index < -0.39 is 8.32 Å². The van der Waals surface area contributed by atoms with Gasteiger partial charge in [0.25, 0.3) is 8.32 Å². The fourth-order valence-electron chi connectivity index (χ4n) is 6.04. The van der Waals surface area contributed by atoms with Crippen LogP contribution in [0.15, 0.2) is 96.6 Å². The molecule has 5 aromatic rings. The van der Waals surface area contributed by atoms with Gasteiger partial charge in [0, 0.05) is 24.0 Å². The van der Waals surface area contributed by atoms with E-state index >= 15 is 0 Å². The average Bonchev–Trinajstić information content (AvgIpc) is 3.74. The summed E-state index contributed by atoms with van der Waals surface area (Å²) in [5, 5.41) is 7.53. The third-order valence-electron chi connectivity index (χ3n) is 8.06. The minimum absolute atomic E-state index is 0. The lowest BCUT2D eigenvalue weighted by atomic mass is 10.1. The molecule has 3 aromatic carbocycles. The maximum atomic E-state index is 7.39. The van der Waals surface area contributed by atoms with E-state index in [0.717, 1.165) is 30.1 Å². The van der Waals surface area contributed by atoms with Gasteiger partial charge in [-0.25, -0.2) is 9.97 Å². The van der Waals surface area contributed by atoms with E-state index in [2.05, 4.69) is 129 Å². The number of hydrogen-bond donors (Lipinski definition) is 1. The lowest BCUT2D eigenvalue weighted by molar-refractivity contribution is 0.204. The van der Waals surface area contributed by atoms with Gasteiger partial charge in [-0.2, -0.15) is 0 Å². The van der Waals surface area contributed by atoms with Gasteiger partial charge >= 0.3 is 0 Å². The lowest BCUT2D eigenvalue weighted by Crippen LogP contribution is -2.67. The van der Waals surface area contributed by atoms with Crippen LogP contribution in [0.4, 0.5) is 0 Å². The van der Waals surface area contributed by atoms with Gasteiger partial charge in [-0.05, 0) is 39.9 Å². The van der Waals surface area contributed by atoms with Crippen molar-refractivity contribution in [2.24, 2.45) is 0 Å². The number of halogens is 1. The van der Waals surface area contributed by atoms with Crippen molar-refractivity contribution < 1.29 is 4.43 Å². The van der Waals surface area contributed by atoms with Gasteiger partial charge in [0.1, 0.15) is 5.01 Å². The van der Waals surface area contributed by atoms with Crippen LogP contribution in [0.2, 0.25) is 5.04 Å². The molecule has 42 heavy (non-hydrogen) atoms. The number of rotatable bonds is 8. The minimum atomic E-state index is -2.58. The molecular formula is C34H38ClN3OS2Si. The summed E-state index contributed by atoms with van der Waals surface area (Å²) in [6, 6.07) is 31.0. The summed E-state index contributed by atoms with van der Waals surface area (Å²) >= 11 is 3.52. The highest BCUT2D eigenvalue weighted by atomic mass is 35.5. The van der Waals surface area contributed by atoms with Gasteiger partial charge in [-0.15, -0.1) is 35.1 Å². The van der Waals surface area contributed by atoms with Crippen molar-refractivity contribution >= 4 is 53.8 Å². The van der Waals surface area contributed by atoms with Crippen molar-refractivity contribution in [3.63, 3.8) is 0 Å². The van der Waals surface area contributed by atoms with E-state index in [-0.39, 0.29) is 29.6 Å². The first kappa shape index (κ1) is 30.8. The fraction of sp³-hybridized carbons (Fsp3) is 0.294. The first-order valence-corrected chi connectivity index (χ1v) is 17.9. The Bertz CT molecular complexity index is 1540. The molecule has 218 valence electrons. The predicted octanol–water partition coefficient (Wildman–Crippen LogP) is 7.57. The second-order valence-electron chi connectivity index (χ2n) is 11.9. The van der Waals surface area contributed by atoms with Crippen molar-refractivity contribution in [3.8, 4) is 10.4 Å². The third-order valence-corrected chi connectivity index (χ3v) is 15.2. The van der Waals surface area contributed by atoms with Gasteiger partial charge in [0.2, 0.25) is 0 Å². The van der Waals surface area contributed by atoms with Gasteiger partial charge in [0.05, 0.1) is 28.2 Å². The molecule has 0 unspecified atom stereocenters. The molecule has 1 aliphatic heterocycles. The molecule has 1 N–H and O–H groups in total. The minimum Gasteiger partial charge on any atom is -0.403 e. The molecule has 0 radical (unpaired) electrons. The summed E-state index contributed by atoms with van der Waals surface area (Å²) in [5.74, 6) is 0. The molecule has 1 saturated heterocycles. The molecule has 4 nitrogen and oxygen atoms in total. The first-order valence-electron chi connectivity index (χ1n) is 14.3. The Hall–Kier alpha value is -2.65. The Labute approximate surface area is 264 Å². The van der Waals surface area contributed by atoms with Crippen molar-refractivity contribution in [2.75, 3.05) is 6.54 Å². The lowest BCUT2D eigenvalue weighted by Gasteiger charge is -2.44. The van der Waals surface area contributed by atoms with E-state index in [1.807, 2.05) is 16.8 Å². The highest BCUT2D eigenvalue weighted by Gasteiger charge is 2.52. The number of aryl methyl sites for hydroxylation is 1. The Kier molecular flexibility index (Phi) is 9.47. The first-order chi connectivity index (χ1) is 19.8. The quantitative estimate of drug-likeness (QED) is 0.180. The van der Waals surface area contributed by atoms with Crippen LogP contribution in [0.3, 0.4) is 0 Å². The van der Waals surface area contributed by atoms with Crippen LogP contribution in [-0.4, -0.2) is 30.9 Å². The van der Waals surface area contributed by atoms with Crippen LogP contribution >= 0.6 is 35.1 Å². The van der Waals surface area contributed by atoms with Gasteiger partial charge < -0.3 is 9.74 Å². The number of nitrogens with zero attached hydrogens (tertiary/aromatic N) is 2. The van der Waals surface area contributed by atoms with E-state index in [1.165, 1.54) is 31.3 Å². The Morgan fingerprint density at radius 1 is 0.905 bits per heavy atom. The summed E-state index contributed by atoms with van der Waals surface area (Å²) < 4.78 is 7.39. The van der Waals surface area contributed by atoms with Gasteiger partial charge in [0.15, 0.2) is 0 Å². The number of hydrogen-bond acceptors (Lipinski definition) is 6. The van der Waals surface area contributed by atoms with Crippen LogP contribution in [-0.2, 0) is 10.8 Å². The van der Waals surface area contributed by atoms with Crippen LogP contribution in [0.25, 0.3) is 10.4 Å². The van der Waals surface area contributed by atoms with E-state index in [1.54, 1.807) is 11.3 Å². The molecule has 6 rings (SSSR count). The maximum absolute atomic E-state index is 7.39. The summed E-state index contributed by atoms with van der Waals surface area (Å²) in [6.45, 7) is 9.94. The predicted molar refractivity (Wildman–Crippen MR) is 182 cm³/mol. The van der Waals surface area contributed by atoms with Crippen molar-refractivity contribution in [3.05, 3.63) is 118 Å². The smallest absolute Gasteiger partial charge is 0.261 e. The highest BCUT2D eigenvalue weighted by Crippen LogP contribution is 2.40. The molecule has 1 fully saturated rings. The summed E-state index contributed by atoms with van der Waals surface area (Å²) in [7, 11) is -2.58. The molecular weight excluding hydrogens is 594 g/mol. The van der Waals surface area contributed by atoms with Gasteiger partial charge in [-0.1, -0.05) is 106 Å². The second kappa shape index (κ2) is 12.9. The Morgan fingerprint density at radius 2 is 1.55 bits per heavy atom. The molecule has 0 amide bonds. The molecule has 0 spiro atoms. The molecule has 8 heteroatoms. The Balaban J connectivity index is 0.00000353. The van der Waals surface area contributed by atoms with E-state index in [4.69, 9.17) is 9.41 Å². The van der Waals surface area contributed by atoms with E-state index in [9.17, 15) is 0 Å². The van der Waals surface area contributed by atoms with Crippen molar-refractivity contribution in [2.45, 2.75) is 57.7 Å². The molecule has 0 aliphatic carbocycles. The van der Waals surface area contributed by atoms with Crippen molar-refractivity contribution in [1.82, 2.24) is 15.3 Å². The number of thiazole rings is 2. The molecule has 2 aromatic heterocycles. The van der Waals surface area contributed by atoms with Crippen LogP contribution < -0.4 is 15.7 Å². The highest BCUT2D eigenvalue weighted by molar-refractivity contribution is 7.13. The zero-order valence-corrected chi connectivity index (χ0v) is 28.0. The van der Waals surface area contributed by atoms with Crippen molar-refractivity contribution in [1.29, 1.82) is 0 Å². The fourth-order valence-corrected chi connectivity index (χ4v) is 12.6. The van der Waals surface area contributed by atoms with Crippen LogP contribution in [0, 0.1) is 6.92 Å². The molecule has 3 heterocycles. The number of benzene rings is 3. The SMILES string of the molecule is Cc1ncsc1-c1ccc(Cc2cnc([C@@H]3C[C@@H](O[Si](c4ccccc4)(c4ccccc4)C(C)(C)C)CN3)s2)cc1.Cl. The molecule has 0 saturated carbocycles. The molecule has 0 bridgehead atoms. The third kappa shape index (κ3) is 6.18. The topological polar surface area (TPSA) is 47.0 Å². The zero-order chi connectivity index (χ0) is 28.5. The zero-order valence-electron chi connectivity index (χ0n) is 24.5. The standard InChI is InChI=1S/C34H37N3OS2Si.ClH/c1-24-32(39-23-37-24)26-17-15-25(16-18-26)19-28-22-36-33(40-28)31-20-27(21-35-31)38-41(34(2,3)4,29-11-7-5-8-12-29)30-13-9-6-10-14-30;/h5-18,22-23,27,31,35H,19-21H2,1-4H3;1H/t27-,31+;/m1./s1. The average molecular weight is 632 g/mol. The van der Waals surface area contributed by atoms with Gasteiger partial charge in [-0.3, -0.25) is 0 Å². The molecule has 1 aliphatic rings. The number of aromatic nitrogens is 2. The molecule has 2 atom stereocenters.